The maximum absolute atomic E-state index is 11.0. The number of rotatable bonds is 13. The lowest BCUT2D eigenvalue weighted by molar-refractivity contribution is -0.141. The molecule has 19 nitrogen and oxygen atoms in total. The summed E-state index contributed by atoms with van der Waals surface area (Å²) >= 11 is 0. The van der Waals surface area contributed by atoms with Crippen molar-refractivity contribution in [1.29, 1.82) is 0 Å². The van der Waals surface area contributed by atoms with E-state index in [9.17, 15) is 19.2 Å². The van der Waals surface area contributed by atoms with Gasteiger partial charge in [-0.05, 0) is 46.1 Å². The Kier molecular flexibility index (Phi) is 23.9. The predicted octanol–water partition coefficient (Wildman–Crippen LogP) is 6.68. The minimum absolute atomic E-state index is 0. The van der Waals surface area contributed by atoms with Gasteiger partial charge in [-0.1, -0.05) is 95.1 Å². The number of alkyl carbamates (subject to hydrolysis) is 1. The standard InChI is InChI=1S/C11H12N4O4.C10H11N3O2.C9H10N4O2.2H2S/c1-19-11(18)13-9(10(16)17)6-7-2-4-8(5-3-7)14-15-12;1-7(10(14)15)6-8-2-4-9(5-3-8)12-13-11;10-8(9(14)15)5-6-1-3-7(4-2-6)12-13-11;;/h2-5,9H,6H2,1H3,(H,13,18)(H,16,17);2-5,7H,6H2,1H3,(H,14,15);1-4,8H,5,10H2,(H,14,15);2*1H2/t9-;7-;8-;;/m000../s1. The van der Waals surface area contributed by atoms with Crippen molar-refractivity contribution in [3.8, 4) is 0 Å². The van der Waals surface area contributed by atoms with E-state index >= 15 is 0 Å². The van der Waals surface area contributed by atoms with Crippen LogP contribution in [0.1, 0.15) is 23.6 Å². The van der Waals surface area contributed by atoms with Gasteiger partial charge in [-0.15, -0.1) is 0 Å². The molecule has 3 atom stereocenters. The van der Waals surface area contributed by atoms with E-state index in [0.717, 1.165) is 18.2 Å². The van der Waals surface area contributed by atoms with Crippen LogP contribution in [0.3, 0.4) is 0 Å². The number of benzene rings is 3. The molecule has 51 heavy (non-hydrogen) atoms. The van der Waals surface area contributed by atoms with E-state index in [1.54, 1.807) is 79.7 Å². The average molecular weight is 744 g/mol. The summed E-state index contributed by atoms with van der Waals surface area (Å²) in [4.78, 5) is 51.0. The fraction of sp³-hybridized carbons (Fsp3) is 0.267. The van der Waals surface area contributed by atoms with E-state index in [2.05, 4.69) is 40.1 Å². The van der Waals surface area contributed by atoms with Crippen molar-refractivity contribution in [1.82, 2.24) is 5.32 Å². The number of methoxy groups -OCH3 is 1. The van der Waals surface area contributed by atoms with Crippen LogP contribution in [0.5, 0.6) is 0 Å². The lowest BCUT2D eigenvalue weighted by Gasteiger charge is -2.13. The quantitative estimate of drug-likeness (QED) is 0.0707. The topological polar surface area (TPSA) is 323 Å². The first-order chi connectivity index (χ1) is 23.3. The number of nitrogens with zero attached hydrogens (tertiary/aromatic N) is 9. The Morgan fingerprint density at radius 1 is 0.667 bits per heavy atom. The summed E-state index contributed by atoms with van der Waals surface area (Å²) in [6.07, 6.45) is 0.0248. The van der Waals surface area contributed by atoms with Gasteiger partial charge in [-0.25, -0.2) is 9.59 Å². The molecule has 0 aliphatic rings. The SMILES string of the molecule is COC(=O)N[C@@H](Cc1ccc(N=[N+]=[N-])cc1)C(=O)O.C[C@@H](Cc1ccc(N=[N+]=[N-])cc1)C(=O)O.S.S.[N-]=[N+]=Nc1ccc(C[C@H](N)C(=O)O)cc1. The lowest BCUT2D eigenvalue weighted by atomic mass is 10.0. The molecule has 0 bridgehead atoms. The average Bonchev–Trinajstić information content (AvgIpc) is 3.07. The second-order valence-corrected chi connectivity index (χ2v) is 9.89. The molecule has 0 radical (unpaired) electrons. The minimum Gasteiger partial charge on any atom is -0.481 e. The number of hydrogen-bond donors (Lipinski definition) is 5. The highest BCUT2D eigenvalue weighted by Crippen LogP contribution is 2.17. The number of carbonyl (C=O) groups is 4. The van der Waals surface area contributed by atoms with Crippen LogP contribution in [-0.4, -0.2) is 58.5 Å². The van der Waals surface area contributed by atoms with Gasteiger partial charge in [-0.3, -0.25) is 9.59 Å². The van der Waals surface area contributed by atoms with Gasteiger partial charge in [0.2, 0.25) is 0 Å². The number of nitrogens with two attached hydrogens (primary N) is 1. The molecular formula is C30H37N11O8S2. The van der Waals surface area contributed by atoms with Crippen molar-refractivity contribution >= 4 is 68.1 Å². The molecule has 272 valence electrons. The molecule has 6 N–H and O–H groups in total. The first-order valence-electron chi connectivity index (χ1n) is 14.0. The van der Waals surface area contributed by atoms with E-state index in [-0.39, 0.29) is 39.8 Å². The zero-order valence-electron chi connectivity index (χ0n) is 27.3. The van der Waals surface area contributed by atoms with Gasteiger partial charge in [0.25, 0.3) is 0 Å². The molecule has 3 rings (SSSR count). The van der Waals surface area contributed by atoms with Crippen LogP contribution in [-0.2, 0) is 38.4 Å². The van der Waals surface area contributed by atoms with Gasteiger partial charge < -0.3 is 31.1 Å². The highest BCUT2D eigenvalue weighted by molar-refractivity contribution is 7.59. The van der Waals surface area contributed by atoms with E-state index in [0.29, 0.717) is 29.0 Å². The van der Waals surface area contributed by atoms with E-state index < -0.39 is 42.0 Å². The maximum atomic E-state index is 11.0. The molecule has 0 unspecified atom stereocenters. The van der Waals surface area contributed by atoms with Gasteiger partial charge in [0.1, 0.15) is 12.1 Å². The highest BCUT2D eigenvalue weighted by Gasteiger charge is 2.20. The Bertz CT molecular complexity index is 1630. The molecule has 21 heteroatoms. The van der Waals surface area contributed by atoms with Crippen LogP contribution in [0.2, 0.25) is 0 Å². The third kappa shape index (κ3) is 19.5. The zero-order chi connectivity index (χ0) is 36.8. The Morgan fingerprint density at radius 3 is 1.31 bits per heavy atom. The fourth-order valence-corrected chi connectivity index (χ4v) is 3.67. The van der Waals surface area contributed by atoms with Crippen LogP contribution in [0.25, 0.3) is 31.3 Å². The Morgan fingerprint density at radius 2 is 1.02 bits per heavy atom. The van der Waals surface area contributed by atoms with Gasteiger partial charge in [0.15, 0.2) is 0 Å². The molecule has 0 fully saturated rings. The highest BCUT2D eigenvalue weighted by atomic mass is 32.1. The zero-order valence-corrected chi connectivity index (χ0v) is 29.3. The summed E-state index contributed by atoms with van der Waals surface area (Å²) in [6, 6.07) is 17.9. The number of azide groups is 3. The summed E-state index contributed by atoms with van der Waals surface area (Å²) in [7, 11) is 1.16. The van der Waals surface area contributed by atoms with Crippen molar-refractivity contribution in [2.24, 2.45) is 27.0 Å². The summed E-state index contributed by atoms with van der Waals surface area (Å²) in [6.45, 7) is 1.66. The summed E-state index contributed by atoms with van der Waals surface area (Å²) in [5.74, 6) is -3.41. The van der Waals surface area contributed by atoms with Crippen molar-refractivity contribution in [3.05, 3.63) is 121 Å². The second kappa shape index (κ2) is 25.9. The Balaban J connectivity index is 0. The molecule has 0 saturated carbocycles. The number of carboxylic acids is 3. The number of hydrogen-bond acceptors (Lipinski definition) is 9. The number of amides is 1. The first kappa shape index (κ1) is 47.0. The normalized spacial score (nSPS) is 10.9. The third-order valence-corrected chi connectivity index (χ3v) is 6.24. The number of nitrogens with one attached hydrogen (secondary N) is 1. The molecule has 3 aromatic rings. The molecule has 0 heterocycles. The molecule has 0 aliphatic heterocycles. The number of ether oxygens (including phenoxy) is 1. The molecule has 3 aromatic carbocycles. The maximum Gasteiger partial charge on any atom is 0.407 e. The molecule has 0 aliphatic carbocycles. The Labute approximate surface area is 305 Å². The van der Waals surface area contributed by atoms with Crippen LogP contribution < -0.4 is 11.1 Å². The van der Waals surface area contributed by atoms with Gasteiger partial charge >= 0.3 is 24.0 Å². The van der Waals surface area contributed by atoms with Crippen LogP contribution in [0.15, 0.2) is 88.1 Å². The molecule has 0 aromatic heterocycles. The fourth-order valence-electron chi connectivity index (χ4n) is 3.67. The number of aliphatic carboxylic acids is 3. The Hall–Kier alpha value is -6.07. The van der Waals surface area contributed by atoms with Gasteiger partial charge in [0, 0.05) is 38.2 Å². The minimum atomic E-state index is -1.16. The van der Waals surface area contributed by atoms with Crippen molar-refractivity contribution in [3.63, 3.8) is 0 Å². The number of carbonyl (C=O) groups excluding carboxylic acids is 1. The van der Waals surface area contributed by atoms with Crippen LogP contribution in [0.4, 0.5) is 21.9 Å². The summed E-state index contributed by atoms with van der Waals surface area (Å²) < 4.78 is 4.35. The van der Waals surface area contributed by atoms with Gasteiger partial charge in [0.05, 0.1) is 13.0 Å². The lowest BCUT2D eigenvalue weighted by Crippen LogP contribution is -2.42. The molecular weight excluding hydrogens is 707 g/mol. The van der Waals surface area contributed by atoms with Crippen molar-refractivity contribution in [2.75, 3.05) is 7.11 Å². The van der Waals surface area contributed by atoms with E-state index in [1.165, 1.54) is 0 Å². The first-order valence-corrected chi connectivity index (χ1v) is 14.0. The van der Waals surface area contributed by atoms with Crippen LogP contribution >= 0.6 is 27.0 Å². The molecule has 1 amide bonds. The van der Waals surface area contributed by atoms with E-state index in [4.69, 9.17) is 37.6 Å². The smallest absolute Gasteiger partial charge is 0.407 e. The number of carboxylic acid groups (broad SMARTS) is 3. The second-order valence-electron chi connectivity index (χ2n) is 9.89. The largest absolute Gasteiger partial charge is 0.481 e. The summed E-state index contributed by atoms with van der Waals surface area (Å²) in [5.41, 5.74) is 33.8. The monoisotopic (exact) mass is 743 g/mol. The van der Waals surface area contributed by atoms with Crippen LogP contribution in [0, 0.1) is 5.92 Å². The van der Waals surface area contributed by atoms with E-state index in [1.807, 2.05) is 0 Å². The summed E-state index contributed by atoms with van der Waals surface area (Å²) in [5, 5.41) is 38.7. The molecule has 0 spiro atoms. The van der Waals surface area contributed by atoms with Crippen molar-refractivity contribution < 1.29 is 39.2 Å². The molecule has 0 saturated heterocycles. The predicted molar refractivity (Wildman–Crippen MR) is 197 cm³/mol. The third-order valence-electron chi connectivity index (χ3n) is 6.24. The van der Waals surface area contributed by atoms with Gasteiger partial charge in [-0.2, -0.15) is 27.0 Å². The van der Waals surface area contributed by atoms with Crippen molar-refractivity contribution in [2.45, 2.75) is 38.3 Å².